The van der Waals surface area contributed by atoms with E-state index in [1.165, 1.54) is 22.8 Å². The fourth-order valence-electron chi connectivity index (χ4n) is 2.89. The highest BCUT2D eigenvalue weighted by atomic mass is 32.1. The second kappa shape index (κ2) is 4.63. The minimum Gasteiger partial charge on any atom is -0.312 e. The standard InChI is InChI=1S/C14H13N5OS/c1-8-2-3-11-9(8)6-10(13-18-15-7-19(11)13)14(20)17-12-4-5-16-21-12/h4-8H,2-3H2,1H3,(H,17,20). The number of carbonyl (C=O) groups excluding carboxylic acids is 1. The van der Waals surface area contributed by atoms with Crippen molar-refractivity contribution in [3.8, 4) is 0 Å². The molecule has 0 bridgehead atoms. The van der Waals surface area contributed by atoms with Gasteiger partial charge in [0, 0.05) is 11.9 Å². The molecule has 1 aliphatic carbocycles. The molecule has 0 radical (unpaired) electrons. The second-order valence-electron chi connectivity index (χ2n) is 5.26. The van der Waals surface area contributed by atoms with Crippen molar-refractivity contribution >= 4 is 28.1 Å². The van der Waals surface area contributed by atoms with Crippen LogP contribution in [0.1, 0.15) is 40.9 Å². The van der Waals surface area contributed by atoms with E-state index >= 15 is 0 Å². The van der Waals surface area contributed by atoms with Crippen molar-refractivity contribution in [1.29, 1.82) is 0 Å². The molecule has 3 heterocycles. The summed E-state index contributed by atoms with van der Waals surface area (Å²) in [6.45, 7) is 2.19. The monoisotopic (exact) mass is 299 g/mol. The molecule has 0 aliphatic heterocycles. The summed E-state index contributed by atoms with van der Waals surface area (Å²) in [6.07, 6.45) is 5.46. The molecule has 1 amide bonds. The molecule has 3 aromatic heterocycles. The first kappa shape index (κ1) is 12.5. The van der Waals surface area contributed by atoms with Crippen molar-refractivity contribution in [2.75, 3.05) is 5.32 Å². The quantitative estimate of drug-likeness (QED) is 0.789. The van der Waals surface area contributed by atoms with Crippen LogP contribution in [0.2, 0.25) is 0 Å². The summed E-state index contributed by atoms with van der Waals surface area (Å²) < 4.78 is 5.93. The Hall–Kier alpha value is -2.28. The molecule has 0 spiro atoms. The number of nitrogens with one attached hydrogen (secondary N) is 1. The fraction of sp³-hybridized carbons (Fsp3) is 0.286. The van der Waals surface area contributed by atoms with Crippen LogP contribution in [0, 0.1) is 0 Å². The van der Waals surface area contributed by atoms with Crippen LogP contribution in [-0.2, 0) is 6.42 Å². The van der Waals surface area contributed by atoms with Crippen LogP contribution in [0.15, 0.2) is 24.7 Å². The van der Waals surface area contributed by atoms with Crippen molar-refractivity contribution in [3.63, 3.8) is 0 Å². The highest BCUT2D eigenvalue weighted by Gasteiger charge is 2.25. The molecule has 1 aliphatic rings. The summed E-state index contributed by atoms with van der Waals surface area (Å²) in [5.41, 5.74) is 3.62. The molecule has 1 atom stereocenters. The molecular formula is C14H13N5OS. The van der Waals surface area contributed by atoms with Gasteiger partial charge in [0.05, 0.1) is 5.56 Å². The number of amides is 1. The molecule has 1 N–H and O–H groups in total. The average molecular weight is 299 g/mol. The lowest BCUT2D eigenvalue weighted by atomic mass is 10.0. The molecule has 21 heavy (non-hydrogen) atoms. The van der Waals surface area contributed by atoms with Gasteiger partial charge in [0.15, 0.2) is 5.65 Å². The first-order valence-corrected chi connectivity index (χ1v) is 7.59. The van der Waals surface area contributed by atoms with Crippen LogP contribution in [0.25, 0.3) is 5.65 Å². The third-order valence-corrected chi connectivity index (χ3v) is 4.64. The SMILES string of the molecule is CC1CCc2c1cc(C(=O)Nc1ccns1)c1nncn21. The lowest BCUT2D eigenvalue weighted by molar-refractivity contribution is 0.102. The topological polar surface area (TPSA) is 72.2 Å². The highest BCUT2D eigenvalue weighted by Crippen LogP contribution is 2.34. The summed E-state index contributed by atoms with van der Waals surface area (Å²) >= 11 is 1.25. The molecule has 106 valence electrons. The number of hydrogen-bond donors (Lipinski definition) is 1. The Bertz CT molecular complexity index is 823. The normalized spacial score (nSPS) is 17.1. The van der Waals surface area contributed by atoms with E-state index in [1.807, 2.05) is 10.5 Å². The molecule has 0 saturated carbocycles. The van der Waals surface area contributed by atoms with Crippen molar-refractivity contribution < 1.29 is 4.79 Å². The summed E-state index contributed by atoms with van der Waals surface area (Å²) in [5.74, 6) is 0.293. The van der Waals surface area contributed by atoms with Gasteiger partial charge in [0.25, 0.3) is 5.91 Å². The van der Waals surface area contributed by atoms with E-state index in [0.717, 1.165) is 17.8 Å². The summed E-state index contributed by atoms with van der Waals surface area (Å²) in [5, 5.41) is 11.7. The first-order chi connectivity index (χ1) is 10.2. The lowest BCUT2D eigenvalue weighted by Gasteiger charge is -2.10. The number of fused-ring (bicyclic) bond motifs is 3. The maximum atomic E-state index is 12.5. The Kier molecular flexibility index (Phi) is 2.75. The average Bonchev–Trinajstić information content (AvgIpc) is 3.18. The van der Waals surface area contributed by atoms with Gasteiger partial charge in [-0.1, -0.05) is 6.92 Å². The van der Waals surface area contributed by atoms with Gasteiger partial charge in [-0.2, -0.15) is 4.37 Å². The number of aromatic nitrogens is 4. The van der Waals surface area contributed by atoms with Gasteiger partial charge >= 0.3 is 0 Å². The maximum absolute atomic E-state index is 12.5. The number of hydrogen-bond acceptors (Lipinski definition) is 5. The molecule has 0 saturated heterocycles. The lowest BCUT2D eigenvalue weighted by Crippen LogP contribution is -2.14. The van der Waals surface area contributed by atoms with Crippen molar-refractivity contribution in [2.45, 2.75) is 25.7 Å². The Morgan fingerprint density at radius 3 is 3.24 bits per heavy atom. The highest BCUT2D eigenvalue weighted by molar-refractivity contribution is 7.10. The predicted molar refractivity (Wildman–Crippen MR) is 79.8 cm³/mol. The third-order valence-electron chi connectivity index (χ3n) is 3.98. The summed E-state index contributed by atoms with van der Waals surface area (Å²) in [4.78, 5) is 12.5. The van der Waals surface area contributed by atoms with Crippen LogP contribution in [0.5, 0.6) is 0 Å². The number of rotatable bonds is 2. The number of pyridine rings is 1. The summed E-state index contributed by atoms with van der Waals surface area (Å²) in [7, 11) is 0. The van der Waals surface area contributed by atoms with Crippen molar-refractivity contribution in [2.24, 2.45) is 0 Å². The van der Waals surface area contributed by atoms with E-state index in [1.54, 1.807) is 18.6 Å². The number of carbonyl (C=O) groups is 1. The minimum absolute atomic E-state index is 0.167. The van der Waals surface area contributed by atoms with Gasteiger partial charge in [-0.05, 0) is 48.0 Å². The van der Waals surface area contributed by atoms with Gasteiger partial charge in [-0.3, -0.25) is 9.20 Å². The third kappa shape index (κ3) is 1.92. The number of anilines is 1. The molecular weight excluding hydrogens is 286 g/mol. The van der Waals surface area contributed by atoms with Crippen molar-refractivity contribution in [3.05, 3.63) is 41.5 Å². The zero-order valence-corrected chi connectivity index (χ0v) is 12.2. The Morgan fingerprint density at radius 1 is 1.52 bits per heavy atom. The van der Waals surface area contributed by atoms with Crippen LogP contribution in [0.4, 0.5) is 5.00 Å². The van der Waals surface area contributed by atoms with Crippen LogP contribution < -0.4 is 5.32 Å². The minimum atomic E-state index is -0.167. The summed E-state index contributed by atoms with van der Waals surface area (Å²) in [6, 6.07) is 3.74. The van der Waals surface area contributed by atoms with E-state index in [0.29, 0.717) is 17.1 Å². The van der Waals surface area contributed by atoms with E-state index in [-0.39, 0.29) is 5.91 Å². The van der Waals surface area contributed by atoms with E-state index < -0.39 is 0 Å². The van der Waals surface area contributed by atoms with Gasteiger partial charge < -0.3 is 5.32 Å². The zero-order chi connectivity index (χ0) is 14.4. The van der Waals surface area contributed by atoms with Gasteiger partial charge in [0.2, 0.25) is 0 Å². The molecule has 3 aromatic rings. The molecule has 1 unspecified atom stereocenters. The smallest absolute Gasteiger partial charge is 0.260 e. The molecule has 0 fully saturated rings. The predicted octanol–water partition coefficient (Wildman–Crippen LogP) is 2.49. The Labute approximate surface area is 125 Å². The first-order valence-electron chi connectivity index (χ1n) is 6.81. The largest absolute Gasteiger partial charge is 0.312 e. The van der Waals surface area contributed by atoms with Gasteiger partial charge in [0.1, 0.15) is 11.3 Å². The van der Waals surface area contributed by atoms with E-state index in [2.05, 4.69) is 26.8 Å². The molecule has 4 rings (SSSR count). The van der Waals surface area contributed by atoms with E-state index in [9.17, 15) is 4.79 Å². The van der Waals surface area contributed by atoms with E-state index in [4.69, 9.17) is 0 Å². The van der Waals surface area contributed by atoms with Crippen molar-refractivity contribution in [1.82, 2.24) is 19.0 Å². The second-order valence-corrected chi connectivity index (χ2v) is 6.09. The maximum Gasteiger partial charge on any atom is 0.260 e. The van der Waals surface area contributed by atoms with Crippen LogP contribution in [-0.4, -0.2) is 24.9 Å². The van der Waals surface area contributed by atoms with Gasteiger partial charge in [-0.25, -0.2) is 0 Å². The van der Waals surface area contributed by atoms with Gasteiger partial charge in [-0.15, -0.1) is 10.2 Å². The Morgan fingerprint density at radius 2 is 2.43 bits per heavy atom. The van der Waals surface area contributed by atoms with Crippen LogP contribution >= 0.6 is 11.5 Å². The Balaban J connectivity index is 1.83. The molecule has 0 aromatic carbocycles. The number of nitrogens with zero attached hydrogens (tertiary/aromatic N) is 4. The molecule has 7 heteroatoms. The zero-order valence-electron chi connectivity index (χ0n) is 11.4. The fourth-order valence-corrected chi connectivity index (χ4v) is 3.38. The van der Waals surface area contributed by atoms with Crippen LogP contribution in [0.3, 0.4) is 0 Å². The number of aryl methyl sites for hydroxylation is 1. The molecule has 6 nitrogen and oxygen atoms in total.